The van der Waals surface area contributed by atoms with Gasteiger partial charge in [0, 0.05) is 32.1 Å². The second-order valence-electron chi connectivity index (χ2n) is 8.94. The zero-order valence-electron chi connectivity index (χ0n) is 21.0. The van der Waals surface area contributed by atoms with E-state index in [1.165, 1.54) is 18.3 Å². The number of aromatic nitrogens is 2. The Morgan fingerprint density at radius 3 is 2.68 bits per heavy atom. The summed E-state index contributed by atoms with van der Waals surface area (Å²) < 4.78 is 13.9. The van der Waals surface area contributed by atoms with Gasteiger partial charge < -0.3 is 9.15 Å². The smallest absolute Gasteiger partial charge is 0.311 e. The third kappa shape index (κ3) is 5.22. The standard InChI is InChI=1S/C30H18BrClN4O5/c31-21-12-13-26-20(14-21)15-27(41-26)29-34-24-10-4-2-8-22(24)30(37)35(29)33-16-18-7-5-11-25(36(38)39)28(18)40-17-19-6-1-3-9-23(19)32/h1-16H,17H2. The predicted octanol–water partition coefficient (Wildman–Crippen LogP) is 7.60. The maximum atomic E-state index is 13.6. The van der Waals surface area contributed by atoms with Gasteiger partial charge in [0.1, 0.15) is 12.2 Å². The van der Waals surface area contributed by atoms with Gasteiger partial charge in [0.05, 0.1) is 22.0 Å². The monoisotopic (exact) mass is 628 g/mol. The lowest BCUT2D eigenvalue weighted by molar-refractivity contribution is -0.385. The van der Waals surface area contributed by atoms with Crippen molar-refractivity contribution in [2.24, 2.45) is 5.10 Å². The van der Waals surface area contributed by atoms with Crippen LogP contribution in [0.25, 0.3) is 33.5 Å². The molecule has 9 nitrogen and oxygen atoms in total. The number of rotatable bonds is 7. The maximum absolute atomic E-state index is 13.6. The number of halogens is 2. The fraction of sp³-hybridized carbons (Fsp3) is 0.0333. The van der Waals surface area contributed by atoms with Crippen molar-refractivity contribution < 1.29 is 14.1 Å². The summed E-state index contributed by atoms with van der Waals surface area (Å²) >= 11 is 9.71. The first-order chi connectivity index (χ1) is 19.9. The van der Waals surface area contributed by atoms with Gasteiger partial charge in [0.2, 0.25) is 11.6 Å². The lowest BCUT2D eigenvalue weighted by Crippen LogP contribution is -2.20. The molecule has 2 heterocycles. The van der Waals surface area contributed by atoms with E-state index in [2.05, 4.69) is 26.0 Å². The second-order valence-corrected chi connectivity index (χ2v) is 10.3. The number of para-hydroxylation sites is 2. The van der Waals surface area contributed by atoms with Crippen LogP contribution in [0.5, 0.6) is 5.75 Å². The summed E-state index contributed by atoms with van der Waals surface area (Å²) in [5.41, 5.74) is 1.32. The predicted molar refractivity (Wildman–Crippen MR) is 161 cm³/mol. The van der Waals surface area contributed by atoms with Gasteiger partial charge in [-0.3, -0.25) is 14.9 Å². The van der Waals surface area contributed by atoms with E-state index in [0.717, 1.165) is 14.5 Å². The Morgan fingerprint density at radius 1 is 1.05 bits per heavy atom. The van der Waals surface area contributed by atoms with Crippen LogP contribution in [0.1, 0.15) is 11.1 Å². The topological polar surface area (TPSA) is 113 Å². The SMILES string of the molecule is O=c1c2ccccc2nc(-c2cc3cc(Br)ccc3o2)n1N=Cc1cccc([N+](=O)[O-])c1OCc1ccccc1Cl. The van der Waals surface area contributed by atoms with E-state index in [9.17, 15) is 14.9 Å². The van der Waals surface area contributed by atoms with Gasteiger partial charge in [-0.2, -0.15) is 9.78 Å². The first kappa shape index (κ1) is 26.4. The van der Waals surface area contributed by atoms with Crippen LogP contribution in [0.15, 0.2) is 110 Å². The number of benzene rings is 4. The van der Waals surface area contributed by atoms with E-state index in [0.29, 0.717) is 32.8 Å². The molecule has 0 bridgehead atoms. The van der Waals surface area contributed by atoms with Crippen LogP contribution >= 0.6 is 27.5 Å². The molecule has 0 unspecified atom stereocenters. The number of hydrogen-bond donors (Lipinski definition) is 0. The van der Waals surface area contributed by atoms with Crippen LogP contribution < -0.4 is 10.3 Å². The number of ether oxygens (including phenoxy) is 1. The fourth-order valence-electron chi connectivity index (χ4n) is 4.34. The Balaban J connectivity index is 1.48. The van der Waals surface area contributed by atoms with E-state index in [-0.39, 0.29) is 29.4 Å². The minimum atomic E-state index is -0.541. The lowest BCUT2D eigenvalue weighted by atomic mass is 10.2. The third-order valence-electron chi connectivity index (χ3n) is 6.32. The van der Waals surface area contributed by atoms with Crippen LogP contribution in [0.4, 0.5) is 5.69 Å². The van der Waals surface area contributed by atoms with Crippen LogP contribution in [0.3, 0.4) is 0 Å². The zero-order chi connectivity index (χ0) is 28.5. The summed E-state index contributed by atoms with van der Waals surface area (Å²) in [5, 5.41) is 17.9. The molecule has 4 aromatic carbocycles. The Kier molecular flexibility index (Phi) is 7.08. The van der Waals surface area contributed by atoms with Gasteiger partial charge in [-0.1, -0.05) is 63.9 Å². The number of nitro benzene ring substituents is 1. The molecule has 6 rings (SSSR count). The summed E-state index contributed by atoms with van der Waals surface area (Å²) in [6.45, 7) is -0.0113. The highest BCUT2D eigenvalue weighted by Crippen LogP contribution is 2.32. The summed E-state index contributed by atoms with van der Waals surface area (Å²) in [5.74, 6) is 0.478. The van der Waals surface area contributed by atoms with Gasteiger partial charge in [0.25, 0.3) is 5.56 Å². The largest absolute Gasteiger partial charge is 0.481 e. The van der Waals surface area contributed by atoms with E-state index >= 15 is 0 Å². The minimum Gasteiger partial charge on any atom is -0.481 e. The average Bonchev–Trinajstić information content (AvgIpc) is 3.39. The molecule has 0 radical (unpaired) electrons. The Bertz CT molecular complexity index is 2050. The molecule has 0 aliphatic rings. The molecule has 202 valence electrons. The van der Waals surface area contributed by atoms with Crippen molar-refractivity contribution in [2.45, 2.75) is 6.61 Å². The van der Waals surface area contributed by atoms with Gasteiger partial charge in [-0.05, 0) is 48.5 Å². The van der Waals surface area contributed by atoms with Crippen LogP contribution in [0, 0.1) is 10.1 Å². The van der Waals surface area contributed by atoms with Crippen molar-refractivity contribution in [3.05, 3.63) is 132 Å². The molecule has 0 saturated carbocycles. The zero-order valence-corrected chi connectivity index (χ0v) is 23.4. The maximum Gasteiger partial charge on any atom is 0.311 e. The molecular weight excluding hydrogens is 612 g/mol. The van der Waals surface area contributed by atoms with Crippen LogP contribution in [-0.4, -0.2) is 20.8 Å². The Morgan fingerprint density at radius 2 is 1.85 bits per heavy atom. The highest BCUT2D eigenvalue weighted by Gasteiger charge is 2.20. The Hall–Kier alpha value is -4.80. The molecule has 0 spiro atoms. The van der Waals surface area contributed by atoms with E-state index < -0.39 is 10.5 Å². The molecule has 0 saturated heterocycles. The number of nitrogens with zero attached hydrogens (tertiary/aromatic N) is 4. The lowest BCUT2D eigenvalue weighted by Gasteiger charge is -2.11. The molecule has 0 N–H and O–H groups in total. The Labute approximate surface area is 245 Å². The van der Waals surface area contributed by atoms with E-state index in [1.54, 1.807) is 66.7 Å². The number of hydrogen-bond acceptors (Lipinski definition) is 7. The quantitative estimate of drug-likeness (QED) is 0.102. The molecule has 0 aliphatic carbocycles. The van der Waals surface area contributed by atoms with Crippen molar-refractivity contribution in [3.63, 3.8) is 0 Å². The van der Waals surface area contributed by atoms with Gasteiger partial charge >= 0.3 is 5.69 Å². The summed E-state index contributed by atoms with van der Waals surface area (Å²) in [7, 11) is 0. The molecule has 0 fully saturated rings. The average molecular weight is 630 g/mol. The van der Waals surface area contributed by atoms with Gasteiger partial charge in [0.15, 0.2) is 5.76 Å². The second kappa shape index (κ2) is 11.0. The van der Waals surface area contributed by atoms with Crippen molar-refractivity contribution in [1.29, 1.82) is 0 Å². The first-order valence-electron chi connectivity index (χ1n) is 12.3. The molecule has 0 aliphatic heterocycles. The highest BCUT2D eigenvalue weighted by atomic mass is 79.9. The van der Waals surface area contributed by atoms with Gasteiger partial charge in [-0.15, -0.1) is 0 Å². The minimum absolute atomic E-state index is 0.0113. The van der Waals surface area contributed by atoms with E-state index in [1.807, 2.05) is 12.1 Å². The molecule has 0 atom stereocenters. The van der Waals surface area contributed by atoms with Crippen molar-refractivity contribution >= 4 is 61.3 Å². The van der Waals surface area contributed by atoms with Crippen molar-refractivity contribution in [3.8, 4) is 17.3 Å². The molecule has 11 heteroatoms. The summed E-state index contributed by atoms with van der Waals surface area (Å²) in [6.07, 6.45) is 1.33. The molecule has 0 amide bonds. The molecular formula is C30H18BrClN4O5. The van der Waals surface area contributed by atoms with Crippen molar-refractivity contribution in [1.82, 2.24) is 9.66 Å². The molecule has 2 aromatic heterocycles. The highest BCUT2D eigenvalue weighted by molar-refractivity contribution is 9.10. The third-order valence-corrected chi connectivity index (χ3v) is 7.18. The molecule has 6 aromatic rings. The number of nitro groups is 1. The fourth-order valence-corrected chi connectivity index (χ4v) is 4.91. The molecule has 41 heavy (non-hydrogen) atoms. The van der Waals surface area contributed by atoms with Crippen LogP contribution in [0.2, 0.25) is 5.02 Å². The summed E-state index contributed by atoms with van der Waals surface area (Å²) in [6, 6.07) is 25.7. The van der Waals surface area contributed by atoms with E-state index in [4.69, 9.17) is 20.8 Å². The number of furan rings is 1. The van der Waals surface area contributed by atoms with Crippen LogP contribution in [-0.2, 0) is 6.61 Å². The number of fused-ring (bicyclic) bond motifs is 2. The normalized spacial score (nSPS) is 11.5. The van der Waals surface area contributed by atoms with Crippen molar-refractivity contribution in [2.75, 3.05) is 0 Å². The first-order valence-corrected chi connectivity index (χ1v) is 13.5. The van der Waals surface area contributed by atoms with Gasteiger partial charge in [-0.25, -0.2) is 4.98 Å². The summed E-state index contributed by atoms with van der Waals surface area (Å²) in [4.78, 5) is 29.6.